The Balaban J connectivity index is 1.97. The SMILES string of the molecule is CCCCCCCCCCC(O)CSc1cccc(F)c1. The fraction of sp³-hybridized carbons (Fsp3) is 0.667. The van der Waals surface area contributed by atoms with Crippen LogP contribution in [0.4, 0.5) is 4.39 Å². The van der Waals surface area contributed by atoms with Gasteiger partial charge in [-0.25, -0.2) is 4.39 Å². The van der Waals surface area contributed by atoms with Crippen molar-refractivity contribution < 1.29 is 9.50 Å². The Morgan fingerprint density at radius 2 is 1.71 bits per heavy atom. The zero-order valence-electron chi connectivity index (χ0n) is 13.2. The van der Waals surface area contributed by atoms with Gasteiger partial charge in [0, 0.05) is 10.6 Å². The van der Waals surface area contributed by atoms with E-state index in [1.54, 1.807) is 6.07 Å². The van der Waals surface area contributed by atoms with Crippen molar-refractivity contribution in [3.8, 4) is 0 Å². The third-order valence-corrected chi connectivity index (χ3v) is 4.77. The number of hydrogen-bond donors (Lipinski definition) is 1. The van der Waals surface area contributed by atoms with E-state index in [-0.39, 0.29) is 11.9 Å². The maximum absolute atomic E-state index is 13.0. The lowest BCUT2D eigenvalue weighted by Crippen LogP contribution is -2.09. The van der Waals surface area contributed by atoms with Crippen LogP contribution >= 0.6 is 11.8 Å². The quantitative estimate of drug-likeness (QED) is 0.388. The van der Waals surface area contributed by atoms with Gasteiger partial charge in [-0.15, -0.1) is 11.8 Å². The summed E-state index contributed by atoms with van der Waals surface area (Å²) < 4.78 is 13.0. The highest BCUT2D eigenvalue weighted by Gasteiger charge is 2.05. The number of aliphatic hydroxyl groups is 1. The average Bonchev–Trinajstić information content (AvgIpc) is 2.48. The zero-order chi connectivity index (χ0) is 15.3. The highest BCUT2D eigenvalue weighted by molar-refractivity contribution is 7.99. The van der Waals surface area contributed by atoms with Gasteiger partial charge in [0.05, 0.1) is 6.10 Å². The molecule has 0 aliphatic rings. The highest BCUT2D eigenvalue weighted by Crippen LogP contribution is 2.21. The number of unbranched alkanes of at least 4 members (excludes halogenated alkanes) is 7. The molecule has 0 fully saturated rings. The molecule has 0 spiro atoms. The molecule has 1 rings (SSSR count). The minimum Gasteiger partial charge on any atom is -0.392 e. The highest BCUT2D eigenvalue weighted by atomic mass is 32.2. The Labute approximate surface area is 133 Å². The Kier molecular flexibility index (Phi) is 10.6. The van der Waals surface area contributed by atoms with E-state index < -0.39 is 0 Å². The van der Waals surface area contributed by atoms with Crippen LogP contribution in [0.1, 0.15) is 64.7 Å². The Hall–Kier alpha value is -0.540. The fourth-order valence-corrected chi connectivity index (χ4v) is 3.27. The van der Waals surface area contributed by atoms with E-state index in [0.717, 1.165) is 17.7 Å². The summed E-state index contributed by atoms with van der Waals surface area (Å²) in [7, 11) is 0. The van der Waals surface area contributed by atoms with Gasteiger partial charge < -0.3 is 5.11 Å². The number of hydrogen-bond acceptors (Lipinski definition) is 2. The van der Waals surface area contributed by atoms with Crippen LogP contribution in [0.3, 0.4) is 0 Å². The Morgan fingerprint density at radius 1 is 1.05 bits per heavy atom. The molecule has 0 heterocycles. The second-order valence-electron chi connectivity index (χ2n) is 5.69. The number of halogens is 1. The maximum atomic E-state index is 13.0. The van der Waals surface area contributed by atoms with E-state index in [9.17, 15) is 9.50 Å². The van der Waals surface area contributed by atoms with Gasteiger partial charge in [-0.2, -0.15) is 0 Å². The number of benzene rings is 1. The normalized spacial score (nSPS) is 12.5. The van der Waals surface area contributed by atoms with Crippen LogP contribution in [-0.2, 0) is 0 Å². The molecule has 0 saturated carbocycles. The molecule has 0 amide bonds. The first-order valence-corrected chi connectivity index (χ1v) is 9.27. The summed E-state index contributed by atoms with van der Waals surface area (Å²) >= 11 is 1.53. The van der Waals surface area contributed by atoms with E-state index in [1.807, 2.05) is 6.07 Å². The van der Waals surface area contributed by atoms with Gasteiger partial charge in [0.25, 0.3) is 0 Å². The van der Waals surface area contributed by atoms with Crippen molar-refractivity contribution in [3.05, 3.63) is 30.1 Å². The van der Waals surface area contributed by atoms with Crippen molar-refractivity contribution in [2.45, 2.75) is 75.7 Å². The second-order valence-corrected chi connectivity index (χ2v) is 6.78. The van der Waals surface area contributed by atoms with Crippen molar-refractivity contribution in [2.24, 2.45) is 0 Å². The molecule has 1 unspecified atom stereocenters. The summed E-state index contributed by atoms with van der Waals surface area (Å²) in [6.45, 7) is 2.24. The molecule has 1 aromatic carbocycles. The summed E-state index contributed by atoms with van der Waals surface area (Å²) in [5, 5.41) is 9.94. The van der Waals surface area contributed by atoms with Crippen molar-refractivity contribution in [1.82, 2.24) is 0 Å². The predicted octanol–water partition coefficient (Wildman–Crippen LogP) is 5.81. The third kappa shape index (κ3) is 9.92. The first-order chi connectivity index (χ1) is 10.2. The van der Waals surface area contributed by atoms with E-state index in [2.05, 4.69) is 6.92 Å². The van der Waals surface area contributed by atoms with E-state index in [1.165, 1.54) is 68.8 Å². The van der Waals surface area contributed by atoms with E-state index in [4.69, 9.17) is 0 Å². The lowest BCUT2D eigenvalue weighted by molar-refractivity contribution is 0.185. The van der Waals surface area contributed by atoms with Crippen LogP contribution in [0.15, 0.2) is 29.2 Å². The van der Waals surface area contributed by atoms with Crippen LogP contribution in [-0.4, -0.2) is 17.0 Å². The smallest absolute Gasteiger partial charge is 0.124 e. The minimum absolute atomic E-state index is 0.211. The molecule has 0 radical (unpaired) electrons. The molecule has 0 aliphatic heterocycles. The van der Waals surface area contributed by atoms with Gasteiger partial charge in [0.15, 0.2) is 0 Å². The molecule has 0 bridgehead atoms. The van der Waals surface area contributed by atoms with Crippen LogP contribution in [0.2, 0.25) is 0 Å². The van der Waals surface area contributed by atoms with E-state index in [0.29, 0.717) is 5.75 Å². The fourth-order valence-electron chi connectivity index (χ4n) is 2.35. The van der Waals surface area contributed by atoms with E-state index >= 15 is 0 Å². The molecule has 1 aromatic rings. The van der Waals surface area contributed by atoms with Gasteiger partial charge in [-0.05, 0) is 24.6 Å². The zero-order valence-corrected chi connectivity index (χ0v) is 14.0. The van der Waals surface area contributed by atoms with Gasteiger partial charge >= 0.3 is 0 Å². The van der Waals surface area contributed by atoms with Crippen LogP contribution in [0.5, 0.6) is 0 Å². The van der Waals surface area contributed by atoms with Gasteiger partial charge in [0.2, 0.25) is 0 Å². The van der Waals surface area contributed by atoms with Gasteiger partial charge in [-0.3, -0.25) is 0 Å². The molecule has 1 nitrogen and oxygen atoms in total. The predicted molar refractivity (Wildman–Crippen MR) is 90.4 cm³/mol. The first-order valence-electron chi connectivity index (χ1n) is 8.28. The average molecular weight is 312 g/mol. The maximum Gasteiger partial charge on any atom is 0.124 e. The summed E-state index contributed by atoms with van der Waals surface area (Å²) in [4.78, 5) is 0.893. The van der Waals surface area contributed by atoms with Gasteiger partial charge in [-0.1, -0.05) is 64.4 Å². The monoisotopic (exact) mass is 312 g/mol. The molecule has 1 N–H and O–H groups in total. The Morgan fingerprint density at radius 3 is 2.38 bits per heavy atom. The molecular weight excluding hydrogens is 283 g/mol. The summed E-state index contributed by atoms with van der Waals surface area (Å²) in [6.07, 6.45) is 10.9. The lowest BCUT2D eigenvalue weighted by Gasteiger charge is -2.10. The summed E-state index contributed by atoms with van der Waals surface area (Å²) in [6, 6.07) is 6.56. The third-order valence-electron chi connectivity index (χ3n) is 3.63. The first kappa shape index (κ1) is 18.5. The topological polar surface area (TPSA) is 20.2 Å². The standard InChI is InChI=1S/C18H29FOS/c1-2-3-4-5-6-7-8-9-12-17(20)15-21-18-13-10-11-16(19)14-18/h10-11,13-14,17,20H,2-9,12,15H2,1H3. The molecule has 0 aromatic heterocycles. The van der Waals surface area contributed by atoms with Gasteiger partial charge in [0.1, 0.15) is 5.82 Å². The number of rotatable bonds is 12. The van der Waals surface area contributed by atoms with Crippen LogP contribution < -0.4 is 0 Å². The molecule has 21 heavy (non-hydrogen) atoms. The Bertz CT molecular complexity index is 370. The molecule has 120 valence electrons. The molecular formula is C18H29FOS. The number of thioether (sulfide) groups is 1. The van der Waals surface area contributed by atoms with Crippen molar-refractivity contribution in [3.63, 3.8) is 0 Å². The summed E-state index contributed by atoms with van der Waals surface area (Å²) in [5.74, 6) is 0.442. The second kappa shape index (κ2) is 12.0. The van der Waals surface area contributed by atoms with Crippen LogP contribution in [0, 0.1) is 5.82 Å². The molecule has 0 aliphatic carbocycles. The lowest BCUT2D eigenvalue weighted by atomic mass is 10.1. The minimum atomic E-state index is -0.279. The van der Waals surface area contributed by atoms with Crippen molar-refractivity contribution >= 4 is 11.8 Å². The largest absolute Gasteiger partial charge is 0.392 e. The molecule has 3 heteroatoms. The summed E-state index contributed by atoms with van der Waals surface area (Å²) in [5.41, 5.74) is 0. The van der Waals surface area contributed by atoms with Crippen molar-refractivity contribution in [1.29, 1.82) is 0 Å². The number of aliphatic hydroxyl groups excluding tert-OH is 1. The molecule has 1 atom stereocenters. The van der Waals surface area contributed by atoms with Crippen LogP contribution in [0.25, 0.3) is 0 Å². The molecule has 0 saturated heterocycles. The van der Waals surface area contributed by atoms with Crippen molar-refractivity contribution in [2.75, 3.05) is 5.75 Å².